The lowest BCUT2D eigenvalue weighted by Gasteiger charge is -2.32. The van der Waals surface area contributed by atoms with Gasteiger partial charge in [-0.05, 0) is 88.3 Å². The summed E-state index contributed by atoms with van der Waals surface area (Å²) in [5.41, 5.74) is 2.39. The molecule has 2 aromatic carbocycles. The molecule has 0 spiro atoms. The van der Waals surface area contributed by atoms with E-state index in [4.69, 9.17) is 18.9 Å². The van der Waals surface area contributed by atoms with Crippen molar-refractivity contribution in [3.63, 3.8) is 0 Å². The molecule has 2 heterocycles. The fourth-order valence-electron chi connectivity index (χ4n) is 5.65. The van der Waals surface area contributed by atoms with E-state index in [0.717, 1.165) is 60.7 Å². The van der Waals surface area contributed by atoms with Crippen molar-refractivity contribution >= 4 is 34.2 Å². The summed E-state index contributed by atoms with van der Waals surface area (Å²) in [4.78, 5) is 3.40. The maximum atomic E-state index is 13.7. The van der Waals surface area contributed by atoms with Crippen LogP contribution in [0.1, 0.15) is 18.5 Å². The number of nitrogens with zero attached hydrogens (tertiary/aromatic N) is 3. The van der Waals surface area contributed by atoms with Crippen molar-refractivity contribution in [2.24, 2.45) is 0 Å². The van der Waals surface area contributed by atoms with Gasteiger partial charge in [0, 0.05) is 48.2 Å². The van der Waals surface area contributed by atoms with Crippen LogP contribution in [0.5, 0.6) is 5.75 Å². The molecule has 50 heavy (non-hydrogen) atoms. The number of rotatable bonds is 20. The number of halogens is 3. The molecule has 0 amide bonds. The van der Waals surface area contributed by atoms with Crippen LogP contribution in [-0.2, 0) is 20.8 Å². The highest BCUT2D eigenvalue weighted by Gasteiger charge is 2.30. The molecule has 0 atom stereocenters. The minimum absolute atomic E-state index is 0.212. The molecule has 1 fully saturated rings. The van der Waals surface area contributed by atoms with E-state index in [0.29, 0.717) is 56.6 Å². The molecule has 0 bridgehead atoms. The third-order valence-electron chi connectivity index (χ3n) is 8.07. The summed E-state index contributed by atoms with van der Waals surface area (Å²) in [5.74, 6) is 6.67. The molecule has 1 saturated heterocycles. The standard InChI is InChI=1S/C36H51F3N6O4S/c1-40-15-19-47-21-23-49-24-22-48-20-18-44-16-12-28(13-17-44)42-32-8-5-9-34-31(32)25-29(45(34)27-36(37,38)39)7-6-14-41-33-11-10-30(50-43(2)3)26-35(33)46-4/h5,8-11,25-26,28,40-42H,12-24,27H2,1-4H3. The van der Waals surface area contributed by atoms with Gasteiger partial charge in [-0.25, -0.2) is 0 Å². The number of alkyl halides is 3. The van der Waals surface area contributed by atoms with Gasteiger partial charge in [-0.2, -0.15) is 13.2 Å². The van der Waals surface area contributed by atoms with Crippen molar-refractivity contribution in [1.29, 1.82) is 0 Å². The van der Waals surface area contributed by atoms with Crippen molar-refractivity contribution < 1.29 is 32.1 Å². The lowest BCUT2D eigenvalue weighted by Crippen LogP contribution is -2.40. The van der Waals surface area contributed by atoms with E-state index >= 15 is 0 Å². The molecule has 3 N–H and O–H groups in total. The SMILES string of the molecule is CNCCOCCOCCOCCN1CCC(Nc2cccc3c2cc(C#CCNc2ccc(SN(C)C)cc2OC)n3CC(F)(F)F)CC1. The Kier molecular flexibility index (Phi) is 16.3. The first kappa shape index (κ1) is 39.6. The summed E-state index contributed by atoms with van der Waals surface area (Å²) >= 11 is 1.57. The van der Waals surface area contributed by atoms with Gasteiger partial charge >= 0.3 is 6.18 Å². The van der Waals surface area contributed by atoms with Crippen LogP contribution in [0.25, 0.3) is 10.9 Å². The molecule has 0 radical (unpaired) electrons. The van der Waals surface area contributed by atoms with Crippen LogP contribution >= 0.6 is 11.9 Å². The molecule has 0 saturated carbocycles. The molecule has 1 aliphatic rings. The van der Waals surface area contributed by atoms with Gasteiger partial charge in [0.1, 0.15) is 12.3 Å². The second-order valence-electron chi connectivity index (χ2n) is 12.1. The predicted molar refractivity (Wildman–Crippen MR) is 195 cm³/mol. The minimum Gasteiger partial charge on any atom is -0.495 e. The number of piperidine rings is 1. The number of hydrogen-bond donors (Lipinski definition) is 3. The molecule has 1 aromatic heterocycles. The quantitative estimate of drug-likeness (QED) is 0.0804. The van der Waals surface area contributed by atoms with Crippen LogP contribution in [0.15, 0.2) is 47.4 Å². The van der Waals surface area contributed by atoms with Crippen LogP contribution < -0.4 is 20.7 Å². The first-order valence-corrected chi connectivity index (χ1v) is 17.8. The number of fused-ring (bicyclic) bond motifs is 1. The molecular formula is C36H51F3N6O4S. The number of aromatic nitrogens is 1. The van der Waals surface area contributed by atoms with Crippen LogP contribution in [0, 0.1) is 11.8 Å². The zero-order valence-electron chi connectivity index (χ0n) is 29.5. The largest absolute Gasteiger partial charge is 0.495 e. The number of anilines is 2. The van der Waals surface area contributed by atoms with Gasteiger partial charge < -0.3 is 44.4 Å². The van der Waals surface area contributed by atoms with Gasteiger partial charge in [0.15, 0.2) is 0 Å². The molecule has 0 aliphatic carbocycles. The highest BCUT2D eigenvalue weighted by atomic mass is 32.2. The molecule has 10 nitrogen and oxygen atoms in total. The van der Waals surface area contributed by atoms with E-state index in [1.165, 1.54) is 4.57 Å². The number of methoxy groups -OCH3 is 1. The topological polar surface area (TPSA) is 84.4 Å². The van der Waals surface area contributed by atoms with Gasteiger partial charge in [0.05, 0.1) is 70.2 Å². The Labute approximate surface area is 298 Å². The van der Waals surface area contributed by atoms with Crippen LogP contribution in [-0.4, -0.2) is 127 Å². The zero-order chi connectivity index (χ0) is 35.8. The summed E-state index contributed by atoms with van der Waals surface area (Å²) in [6, 6.07) is 13.2. The molecule has 14 heteroatoms. The Bertz CT molecular complexity index is 1520. The zero-order valence-corrected chi connectivity index (χ0v) is 30.4. The van der Waals surface area contributed by atoms with Crippen molar-refractivity contribution in [2.45, 2.75) is 36.5 Å². The minimum atomic E-state index is -4.39. The number of hydrogen-bond acceptors (Lipinski definition) is 10. The van der Waals surface area contributed by atoms with Gasteiger partial charge in [0.25, 0.3) is 0 Å². The first-order chi connectivity index (χ1) is 24.2. The summed E-state index contributed by atoms with van der Waals surface area (Å²) in [7, 11) is 7.41. The van der Waals surface area contributed by atoms with E-state index in [1.54, 1.807) is 37.3 Å². The number of ether oxygens (including phenoxy) is 4. The fourth-order valence-corrected chi connectivity index (χ4v) is 6.36. The average molecular weight is 721 g/mol. The van der Waals surface area contributed by atoms with Gasteiger partial charge in [-0.1, -0.05) is 12.0 Å². The van der Waals surface area contributed by atoms with E-state index in [2.05, 4.69) is 32.7 Å². The molecule has 3 aromatic rings. The van der Waals surface area contributed by atoms with Crippen LogP contribution in [0.2, 0.25) is 0 Å². The smallest absolute Gasteiger partial charge is 0.406 e. The van der Waals surface area contributed by atoms with Crippen LogP contribution in [0.3, 0.4) is 0 Å². The Balaban J connectivity index is 1.30. The Morgan fingerprint density at radius 1 is 0.940 bits per heavy atom. The van der Waals surface area contributed by atoms with Gasteiger partial charge in [0.2, 0.25) is 0 Å². The number of likely N-dealkylation sites (tertiary alicyclic amines) is 1. The number of likely N-dealkylation sites (N-methyl/N-ethyl adjacent to an activating group) is 1. The van der Waals surface area contributed by atoms with E-state index in [-0.39, 0.29) is 12.6 Å². The average Bonchev–Trinajstić information content (AvgIpc) is 3.42. The van der Waals surface area contributed by atoms with E-state index in [1.807, 2.05) is 49.7 Å². The third-order valence-corrected chi connectivity index (χ3v) is 8.90. The highest BCUT2D eigenvalue weighted by Crippen LogP contribution is 2.32. The van der Waals surface area contributed by atoms with Crippen molar-refractivity contribution in [2.75, 3.05) is 111 Å². The second kappa shape index (κ2) is 20.6. The highest BCUT2D eigenvalue weighted by molar-refractivity contribution is 7.97. The van der Waals surface area contributed by atoms with Crippen molar-refractivity contribution in [3.05, 3.63) is 48.2 Å². The predicted octanol–water partition coefficient (Wildman–Crippen LogP) is 5.39. The normalized spacial score (nSPS) is 14.2. The second-order valence-corrected chi connectivity index (χ2v) is 13.5. The van der Waals surface area contributed by atoms with Crippen LogP contribution in [0.4, 0.5) is 24.5 Å². The number of benzene rings is 2. The fraction of sp³-hybridized carbons (Fsp3) is 0.556. The summed E-state index contributed by atoms with van der Waals surface area (Å²) in [6.07, 6.45) is -2.55. The molecule has 4 rings (SSSR count). The molecule has 276 valence electrons. The Hall–Kier alpha value is -3.16. The van der Waals surface area contributed by atoms with Crippen molar-refractivity contribution in [3.8, 4) is 17.6 Å². The molecule has 0 unspecified atom stereocenters. The molecule has 1 aliphatic heterocycles. The third kappa shape index (κ3) is 13.2. The Morgan fingerprint density at radius 3 is 2.34 bits per heavy atom. The van der Waals surface area contributed by atoms with E-state index < -0.39 is 12.7 Å². The lowest BCUT2D eigenvalue weighted by atomic mass is 10.0. The maximum Gasteiger partial charge on any atom is 0.406 e. The van der Waals surface area contributed by atoms with E-state index in [9.17, 15) is 13.2 Å². The monoisotopic (exact) mass is 720 g/mol. The maximum absolute atomic E-state index is 13.7. The Morgan fingerprint density at radius 2 is 1.66 bits per heavy atom. The summed E-state index contributed by atoms with van der Waals surface area (Å²) < 4.78 is 66.7. The first-order valence-electron chi connectivity index (χ1n) is 17.0. The lowest BCUT2D eigenvalue weighted by molar-refractivity contribution is -0.140. The van der Waals surface area contributed by atoms with Crippen molar-refractivity contribution in [1.82, 2.24) is 19.1 Å². The molecular weight excluding hydrogens is 669 g/mol. The summed E-state index contributed by atoms with van der Waals surface area (Å²) in [5, 5.41) is 10.6. The number of nitrogens with one attached hydrogen (secondary N) is 3. The van der Waals surface area contributed by atoms with Gasteiger partial charge in [-0.3, -0.25) is 4.31 Å². The summed E-state index contributed by atoms with van der Waals surface area (Å²) in [6.45, 7) is 6.17. The van der Waals surface area contributed by atoms with Gasteiger partial charge in [-0.15, -0.1) is 0 Å².